The zero-order chi connectivity index (χ0) is 25.7. The molecule has 0 saturated heterocycles. The lowest BCUT2D eigenvalue weighted by Gasteiger charge is -2.12. The third kappa shape index (κ3) is 4.30. The number of halogens is 1. The van der Waals surface area contributed by atoms with Gasteiger partial charge in [0.15, 0.2) is 0 Å². The topological polar surface area (TPSA) is 61.9 Å². The Morgan fingerprint density at radius 2 is 1.65 bits per heavy atom. The summed E-state index contributed by atoms with van der Waals surface area (Å²) >= 11 is 7.46. The highest BCUT2D eigenvalue weighted by atomic mass is 35.5. The minimum absolute atomic E-state index is 0.105. The number of benzene rings is 3. The Hall–Kier alpha value is -3.94. The van der Waals surface area contributed by atoms with E-state index in [0.717, 1.165) is 44.4 Å². The van der Waals surface area contributed by atoms with Crippen molar-refractivity contribution >= 4 is 44.2 Å². The van der Waals surface area contributed by atoms with Crippen molar-refractivity contribution < 1.29 is 4.74 Å². The number of fused-ring (bicyclic) bond motifs is 2. The van der Waals surface area contributed by atoms with Crippen molar-refractivity contribution in [3.63, 3.8) is 0 Å². The van der Waals surface area contributed by atoms with Crippen LogP contribution in [0.1, 0.15) is 19.7 Å². The van der Waals surface area contributed by atoms with Crippen LogP contribution < -0.4 is 10.3 Å². The number of ether oxygens (including phenoxy) is 1. The van der Waals surface area contributed by atoms with Crippen molar-refractivity contribution in [3.8, 4) is 27.6 Å². The fourth-order valence-electron chi connectivity index (χ4n) is 4.46. The van der Waals surface area contributed by atoms with Crippen LogP contribution in [0.15, 0.2) is 83.9 Å². The molecule has 0 fully saturated rings. The number of aromatic nitrogens is 4. The van der Waals surface area contributed by atoms with Gasteiger partial charge in [0.2, 0.25) is 0 Å². The smallest absolute Gasteiger partial charge is 0.275 e. The van der Waals surface area contributed by atoms with Crippen LogP contribution in [0.5, 0.6) is 5.75 Å². The molecule has 37 heavy (non-hydrogen) atoms. The highest BCUT2D eigenvalue weighted by Crippen LogP contribution is 2.32. The lowest BCUT2D eigenvalue weighted by Crippen LogP contribution is -2.17. The second-order valence-electron chi connectivity index (χ2n) is 9.08. The van der Waals surface area contributed by atoms with E-state index in [1.54, 1.807) is 10.9 Å². The Balaban J connectivity index is 1.39. The molecule has 3 aromatic carbocycles. The minimum Gasteiger partial charge on any atom is -0.491 e. The van der Waals surface area contributed by atoms with Crippen LogP contribution in [0, 0.1) is 6.92 Å². The number of rotatable bonds is 5. The van der Waals surface area contributed by atoms with Crippen LogP contribution in [0.3, 0.4) is 0 Å². The summed E-state index contributed by atoms with van der Waals surface area (Å²) in [7, 11) is 0. The SMILES string of the molecule is Cc1nc2cc(-n3cnc4cc(-c5ccc(Cl)cc5)sc4c3=O)ccc2n1-c1ccc(OC(C)C)cc1. The maximum atomic E-state index is 13.4. The molecular formula is C29H23ClN4O2S. The predicted octanol–water partition coefficient (Wildman–Crippen LogP) is 7.20. The Morgan fingerprint density at radius 3 is 2.38 bits per heavy atom. The maximum absolute atomic E-state index is 13.4. The summed E-state index contributed by atoms with van der Waals surface area (Å²) in [5.41, 5.74) is 5.06. The molecule has 3 aromatic heterocycles. The molecule has 0 aliphatic heterocycles. The van der Waals surface area contributed by atoms with Gasteiger partial charge in [-0.05, 0) is 87.0 Å². The number of imidazole rings is 1. The third-order valence-corrected chi connectivity index (χ3v) is 7.53. The number of aryl methyl sites for hydroxylation is 1. The zero-order valence-electron chi connectivity index (χ0n) is 20.5. The van der Waals surface area contributed by atoms with Gasteiger partial charge in [-0.1, -0.05) is 23.7 Å². The summed E-state index contributed by atoms with van der Waals surface area (Å²) in [5, 5.41) is 0.676. The van der Waals surface area contributed by atoms with Crippen LogP contribution in [0.2, 0.25) is 5.02 Å². The monoisotopic (exact) mass is 526 g/mol. The van der Waals surface area contributed by atoms with E-state index in [1.807, 2.05) is 93.6 Å². The summed E-state index contributed by atoms with van der Waals surface area (Å²) in [6.45, 7) is 5.99. The van der Waals surface area contributed by atoms with E-state index in [1.165, 1.54) is 11.3 Å². The Bertz CT molecular complexity index is 1820. The molecule has 6 rings (SSSR count). The number of thiophene rings is 1. The first-order valence-corrected chi connectivity index (χ1v) is 13.1. The minimum atomic E-state index is -0.105. The molecular weight excluding hydrogens is 504 g/mol. The Labute approximate surface area is 222 Å². The van der Waals surface area contributed by atoms with Gasteiger partial charge in [-0.25, -0.2) is 9.97 Å². The van der Waals surface area contributed by atoms with Gasteiger partial charge >= 0.3 is 0 Å². The van der Waals surface area contributed by atoms with E-state index in [9.17, 15) is 4.79 Å². The predicted molar refractivity (Wildman–Crippen MR) is 151 cm³/mol. The maximum Gasteiger partial charge on any atom is 0.275 e. The van der Waals surface area contributed by atoms with Crippen molar-refractivity contribution in [3.05, 3.63) is 100 Å². The van der Waals surface area contributed by atoms with Crippen LogP contribution in [0.25, 0.3) is 43.1 Å². The van der Waals surface area contributed by atoms with E-state index in [4.69, 9.17) is 21.3 Å². The quantitative estimate of drug-likeness (QED) is 0.238. The molecule has 184 valence electrons. The second kappa shape index (κ2) is 9.18. The normalized spacial score (nSPS) is 11.6. The second-order valence-corrected chi connectivity index (χ2v) is 10.6. The van der Waals surface area contributed by atoms with Crippen molar-refractivity contribution in [2.24, 2.45) is 0 Å². The van der Waals surface area contributed by atoms with Gasteiger partial charge in [0.25, 0.3) is 5.56 Å². The molecule has 0 aliphatic rings. The highest BCUT2D eigenvalue weighted by molar-refractivity contribution is 7.22. The molecule has 0 aliphatic carbocycles. The molecule has 0 radical (unpaired) electrons. The first-order valence-electron chi connectivity index (χ1n) is 11.9. The van der Waals surface area contributed by atoms with Gasteiger partial charge in [-0.15, -0.1) is 11.3 Å². The molecule has 6 nitrogen and oxygen atoms in total. The molecule has 0 saturated carbocycles. The Kier molecular flexibility index (Phi) is 5.82. The molecule has 0 amide bonds. The van der Waals surface area contributed by atoms with Crippen molar-refractivity contribution in [1.82, 2.24) is 19.1 Å². The number of hydrogen-bond acceptors (Lipinski definition) is 5. The van der Waals surface area contributed by atoms with Crippen LogP contribution >= 0.6 is 22.9 Å². The van der Waals surface area contributed by atoms with Gasteiger partial charge in [0, 0.05) is 15.6 Å². The molecule has 0 atom stereocenters. The van der Waals surface area contributed by atoms with Gasteiger partial charge < -0.3 is 4.74 Å². The van der Waals surface area contributed by atoms with Gasteiger partial charge in [0.05, 0.1) is 28.3 Å². The van der Waals surface area contributed by atoms with E-state index in [-0.39, 0.29) is 11.7 Å². The van der Waals surface area contributed by atoms with Gasteiger partial charge in [-0.3, -0.25) is 13.9 Å². The lowest BCUT2D eigenvalue weighted by molar-refractivity contribution is 0.242. The third-order valence-electron chi connectivity index (χ3n) is 6.12. The average Bonchev–Trinajstić information content (AvgIpc) is 3.46. The summed E-state index contributed by atoms with van der Waals surface area (Å²) < 4.78 is 10.1. The molecule has 0 N–H and O–H groups in total. The van der Waals surface area contributed by atoms with Gasteiger partial charge in [-0.2, -0.15) is 0 Å². The first kappa shape index (κ1) is 23.5. The fraction of sp³-hybridized carbons (Fsp3) is 0.138. The lowest BCUT2D eigenvalue weighted by atomic mass is 10.2. The summed E-state index contributed by atoms with van der Waals surface area (Å²) in [5.74, 6) is 1.69. The highest BCUT2D eigenvalue weighted by Gasteiger charge is 2.14. The van der Waals surface area contributed by atoms with Crippen LogP contribution in [0.4, 0.5) is 0 Å². The molecule has 6 aromatic rings. The van der Waals surface area contributed by atoms with E-state index in [2.05, 4.69) is 9.55 Å². The average molecular weight is 527 g/mol. The van der Waals surface area contributed by atoms with Crippen molar-refractivity contribution in [1.29, 1.82) is 0 Å². The van der Waals surface area contributed by atoms with E-state index >= 15 is 0 Å². The standard InChI is InChI=1S/C29H23ClN4O2S/c1-17(2)36-23-11-8-21(9-12-23)34-18(3)32-24-14-22(10-13-26(24)34)33-16-31-25-15-27(37-28(25)29(33)35)19-4-6-20(30)7-5-19/h4-17H,1-3H3. The summed E-state index contributed by atoms with van der Waals surface area (Å²) in [4.78, 5) is 23.8. The molecule has 0 spiro atoms. The zero-order valence-corrected chi connectivity index (χ0v) is 22.0. The van der Waals surface area contributed by atoms with Crippen molar-refractivity contribution in [2.75, 3.05) is 0 Å². The Morgan fingerprint density at radius 1 is 0.919 bits per heavy atom. The van der Waals surface area contributed by atoms with Crippen LogP contribution in [-0.4, -0.2) is 25.2 Å². The molecule has 0 bridgehead atoms. The molecule has 0 unspecified atom stereocenters. The van der Waals surface area contributed by atoms with E-state index < -0.39 is 0 Å². The number of hydrogen-bond donors (Lipinski definition) is 0. The van der Waals surface area contributed by atoms with E-state index in [0.29, 0.717) is 15.2 Å². The molecule has 8 heteroatoms. The summed E-state index contributed by atoms with van der Waals surface area (Å²) in [6, 6.07) is 23.4. The first-order chi connectivity index (χ1) is 17.9. The fourth-order valence-corrected chi connectivity index (χ4v) is 5.64. The van der Waals surface area contributed by atoms with Gasteiger partial charge in [0.1, 0.15) is 22.6 Å². The molecule has 3 heterocycles. The van der Waals surface area contributed by atoms with Crippen molar-refractivity contribution in [2.45, 2.75) is 26.9 Å². The number of nitrogens with zero attached hydrogens (tertiary/aromatic N) is 4. The van der Waals surface area contributed by atoms with Crippen LogP contribution in [-0.2, 0) is 0 Å². The summed E-state index contributed by atoms with van der Waals surface area (Å²) in [6.07, 6.45) is 1.71. The largest absolute Gasteiger partial charge is 0.491 e.